The van der Waals surface area contributed by atoms with Gasteiger partial charge in [0.05, 0.1) is 22.4 Å². The molecule has 0 saturated heterocycles. The van der Waals surface area contributed by atoms with Gasteiger partial charge in [0, 0.05) is 35.3 Å². The number of nitrogens with zero attached hydrogens (tertiary/aromatic N) is 3. The van der Waals surface area contributed by atoms with Crippen LogP contribution in [0.15, 0.2) is 139 Å². The van der Waals surface area contributed by atoms with Gasteiger partial charge in [0.15, 0.2) is 5.75 Å². The molecule has 1 amide bonds. The molecule has 0 aliphatic carbocycles. The minimum absolute atomic E-state index is 0. The maximum absolute atomic E-state index is 13.6. The third kappa shape index (κ3) is 6.81. The summed E-state index contributed by atoms with van der Waals surface area (Å²) in [5.74, 6) is 0.0137. The van der Waals surface area contributed by atoms with Crippen molar-refractivity contribution in [1.29, 1.82) is 0 Å². The maximum atomic E-state index is 13.6. The van der Waals surface area contributed by atoms with E-state index in [1.54, 1.807) is 24.3 Å². The maximum Gasteiger partial charge on any atom is 1.00 e. The summed E-state index contributed by atoms with van der Waals surface area (Å²) in [5.41, 5.74) is 5.00. The molecule has 4 aromatic carbocycles. The summed E-state index contributed by atoms with van der Waals surface area (Å²) in [6, 6.07) is 34.0. The number of amides is 1. The average molecular weight is 624 g/mol. The van der Waals surface area contributed by atoms with Gasteiger partial charge < -0.3 is 14.2 Å². The van der Waals surface area contributed by atoms with Crippen LogP contribution in [0.2, 0.25) is 0 Å². The van der Waals surface area contributed by atoms with E-state index in [1.807, 2.05) is 102 Å². The summed E-state index contributed by atoms with van der Waals surface area (Å²) in [4.78, 5) is 20.6. The second-order valence-electron chi connectivity index (χ2n) is 10.2. The quantitative estimate of drug-likeness (QED) is 0.169. The third-order valence-corrected chi connectivity index (χ3v) is 8.11. The fourth-order valence-corrected chi connectivity index (χ4v) is 5.84. The van der Waals surface area contributed by atoms with Gasteiger partial charge in [-0.2, -0.15) is 0 Å². The van der Waals surface area contributed by atoms with E-state index in [0.29, 0.717) is 28.6 Å². The van der Waals surface area contributed by atoms with Gasteiger partial charge in [-0.25, -0.2) is 13.3 Å². The van der Waals surface area contributed by atoms with Crippen LogP contribution in [-0.2, 0) is 14.9 Å². The van der Waals surface area contributed by atoms with Crippen LogP contribution in [0.5, 0.6) is 5.75 Å². The minimum Gasteiger partial charge on any atom is -0.748 e. The SMILES string of the molecule is [C-]#[N+]C1=C(c2ccccc2)/C(=C/C=C2\Oc3ccc(-c4ccccc4)cc3N2CCCS(=O)(=O)[O-])N(c2ccccc2)C1=O.[Na+]. The first-order valence-corrected chi connectivity index (χ1v) is 15.5. The Labute approximate surface area is 284 Å². The number of fused-ring (bicyclic) bond motifs is 1. The van der Waals surface area contributed by atoms with E-state index in [0.717, 1.165) is 22.4 Å². The molecule has 0 aromatic heterocycles. The van der Waals surface area contributed by atoms with Gasteiger partial charge in [0.25, 0.3) is 11.6 Å². The van der Waals surface area contributed by atoms with Gasteiger partial charge in [-0.15, -0.1) is 0 Å². The Hall–Kier alpha value is -4.43. The van der Waals surface area contributed by atoms with Crippen LogP contribution >= 0.6 is 0 Å². The molecule has 4 aromatic rings. The van der Waals surface area contributed by atoms with Gasteiger partial charge in [0.2, 0.25) is 5.88 Å². The summed E-state index contributed by atoms with van der Waals surface area (Å²) in [7, 11) is -4.41. The molecule has 6 rings (SSSR count). The van der Waals surface area contributed by atoms with Crippen molar-refractivity contribution in [1.82, 2.24) is 0 Å². The number of para-hydroxylation sites is 1. The fraction of sp³-hybridized carbons (Fsp3) is 0.0857. The third-order valence-electron chi connectivity index (χ3n) is 7.33. The zero-order valence-corrected chi connectivity index (χ0v) is 27.3. The Kier molecular flexibility index (Phi) is 9.73. The molecule has 10 heteroatoms. The molecule has 2 heterocycles. The number of ether oxygens (including phenoxy) is 1. The number of carbonyl (C=O) groups excluding carboxylic acids is 1. The summed E-state index contributed by atoms with van der Waals surface area (Å²) in [5, 5.41) is 0. The van der Waals surface area contributed by atoms with E-state index in [4.69, 9.17) is 11.3 Å². The van der Waals surface area contributed by atoms with Crippen molar-refractivity contribution in [2.45, 2.75) is 6.42 Å². The number of anilines is 2. The van der Waals surface area contributed by atoms with Crippen LogP contribution in [0.3, 0.4) is 0 Å². The smallest absolute Gasteiger partial charge is 0.748 e. The normalized spacial score (nSPS) is 16.0. The first-order valence-electron chi connectivity index (χ1n) is 13.9. The van der Waals surface area contributed by atoms with Crippen LogP contribution in [-0.4, -0.2) is 31.2 Å². The second kappa shape index (κ2) is 13.7. The van der Waals surface area contributed by atoms with E-state index in [2.05, 4.69) is 4.85 Å². The molecule has 0 N–H and O–H groups in total. The molecule has 0 radical (unpaired) electrons. The number of rotatable bonds is 8. The van der Waals surface area contributed by atoms with Crippen LogP contribution in [0.1, 0.15) is 12.0 Å². The van der Waals surface area contributed by atoms with E-state index in [9.17, 15) is 17.8 Å². The number of allylic oxidation sites excluding steroid dienone is 3. The van der Waals surface area contributed by atoms with E-state index >= 15 is 0 Å². The molecule has 8 nitrogen and oxygen atoms in total. The summed E-state index contributed by atoms with van der Waals surface area (Å²) in [6.07, 6.45) is 3.54. The molecular weight excluding hydrogens is 597 g/mol. The van der Waals surface area contributed by atoms with Crippen LogP contribution in [0.25, 0.3) is 21.5 Å². The molecule has 0 spiro atoms. The van der Waals surface area contributed by atoms with E-state index < -0.39 is 21.8 Å². The van der Waals surface area contributed by atoms with Crippen molar-refractivity contribution in [2.24, 2.45) is 0 Å². The summed E-state index contributed by atoms with van der Waals surface area (Å²) >= 11 is 0. The number of carbonyl (C=O) groups is 1. The van der Waals surface area contributed by atoms with E-state index in [1.165, 1.54) is 4.90 Å². The molecule has 2 aliphatic rings. The van der Waals surface area contributed by atoms with Gasteiger partial charge in [0.1, 0.15) is 0 Å². The molecule has 2 aliphatic heterocycles. The molecule has 0 saturated carbocycles. The van der Waals surface area contributed by atoms with Gasteiger partial charge >= 0.3 is 29.6 Å². The molecule has 0 atom stereocenters. The van der Waals surface area contributed by atoms with Crippen molar-refractivity contribution in [3.8, 4) is 16.9 Å². The predicted molar refractivity (Wildman–Crippen MR) is 169 cm³/mol. The van der Waals surface area contributed by atoms with Crippen LogP contribution in [0.4, 0.5) is 11.4 Å². The summed E-state index contributed by atoms with van der Waals surface area (Å²) in [6.45, 7) is 8.06. The van der Waals surface area contributed by atoms with Crippen molar-refractivity contribution in [2.75, 3.05) is 22.1 Å². The van der Waals surface area contributed by atoms with Crippen molar-refractivity contribution >= 4 is 33.0 Å². The largest absolute Gasteiger partial charge is 1.00 e. The van der Waals surface area contributed by atoms with Crippen molar-refractivity contribution < 1.29 is 52.1 Å². The van der Waals surface area contributed by atoms with Gasteiger partial charge in [-0.05, 0) is 53.5 Å². The first kappa shape index (κ1) is 32.0. The fourth-order valence-electron chi connectivity index (χ4n) is 5.36. The number of hydrogen-bond donors (Lipinski definition) is 0. The second-order valence-corrected chi connectivity index (χ2v) is 11.7. The van der Waals surface area contributed by atoms with Crippen LogP contribution in [0, 0.1) is 6.57 Å². The zero-order chi connectivity index (χ0) is 30.7. The minimum atomic E-state index is -4.41. The number of benzene rings is 4. The number of hydrogen-bond acceptors (Lipinski definition) is 6. The van der Waals surface area contributed by atoms with Gasteiger partial charge in [-0.3, -0.25) is 9.69 Å². The Morgan fingerprint density at radius 3 is 2.07 bits per heavy atom. The first-order chi connectivity index (χ1) is 21.3. The van der Waals surface area contributed by atoms with E-state index in [-0.39, 0.29) is 48.2 Å². The average Bonchev–Trinajstić information content (AvgIpc) is 3.53. The van der Waals surface area contributed by atoms with Crippen molar-refractivity contribution in [3.05, 3.63) is 156 Å². The summed E-state index contributed by atoms with van der Waals surface area (Å²) < 4.78 is 40.5. The predicted octanol–water partition coefficient (Wildman–Crippen LogP) is 3.59. The molecule has 0 fully saturated rings. The Morgan fingerprint density at radius 2 is 1.44 bits per heavy atom. The molecule has 0 unspecified atom stereocenters. The zero-order valence-electron chi connectivity index (χ0n) is 24.5. The Balaban J connectivity index is 0.00000400. The molecule has 0 bridgehead atoms. The topological polar surface area (TPSA) is 94.3 Å². The van der Waals surface area contributed by atoms with Gasteiger partial charge in [-0.1, -0.05) is 84.9 Å². The monoisotopic (exact) mass is 623 g/mol. The molecule has 218 valence electrons. The van der Waals surface area contributed by atoms with Crippen LogP contribution < -0.4 is 44.1 Å². The molecular formula is C35H26N3NaO5S. The van der Waals surface area contributed by atoms with Crippen molar-refractivity contribution in [3.63, 3.8) is 0 Å². The Morgan fingerprint density at radius 1 is 0.822 bits per heavy atom. The Bertz CT molecular complexity index is 1970. The molecule has 45 heavy (non-hydrogen) atoms. The standard InChI is InChI=1S/C35H27N3O5S.Na/c1-36-34-33(26-14-7-3-8-15-26)29(38(35(34)39)28-16-9-4-10-17-28)19-21-32-37(22-11-23-44(40,41)42)30-24-27(18-20-31(30)43-32)25-12-5-2-6-13-25;/h2-10,12-21,24H,11,22-23H2,(H,40,41,42);/q;+1/p-1/b29-19-,32-21-;.